The van der Waals surface area contributed by atoms with Gasteiger partial charge in [0.25, 0.3) is 0 Å². The lowest BCUT2D eigenvalue weighted by atomic mass is 9.90. The highest BCUT2D eigenvalue weighted by Gasteiger charge is 2.35. The molecule has 0 radical (unpaired) electrons. The van der Waals surface area contributed by atoms with Crippen molar-refractivity contribution >= 4 is 43.4 Å². The van der Waals surface area contributed by atoms with Crippen LogP contribution in [0.5, 0.6) is 0 Å². The third kappa shape index (κ3) is 2.31. The molecule has 0 aromatic carbocycles. The van der Waals surface area contributed by atoms with E-state index in [-0.39, 0.29) is 0 Å². The van der Waals surface area contributed by atoms with Crippen molar-refractivity contribution in [1.82, 2.24) is 15.0 Å². The van der Waals surface area contributed by atoms with Gasteiger partial charge in [0.1, 0.15) is 22.8 Å². The fraction of sp³-hybridized carbons (Fsp3) is 0.550. The first-order chi connectivity index (χ1) is 12.4. The maximum absolute atomic E-state index is 5.19. The quantitative estimate of drug-likeness (QED) is 0.684. The zero-order valence-corrected chi connectivity index (χ0v) is 16.8. The minimum atomic E-state index is 0.290. The van der Waals surface area contributed by atoms with Gasteiger partial charge in [0, 0.05) is 32.6 Å². The molecule has 0 saturated carbocycles. The van der Waals surface area contributed by atoms with Crippen molar-refractivity contribution in [3.63, 3.8) is 0 Å². The van der Waals surface area contributed by atoms with Gasteiger partial charge in [-0.25, -0.2) is 15.0 Å². The predicted molar refractivity (Wildman–Crippen MR) is 110 cm³/mol. The van der Waals surface area contributed by atoms with Crippen LogP contribution in [0, 0.1) is 5.41 Å². The summed E-state index contributed by atoms with van der Waals surface area (Å²) in [6.45, 7) is 7.03. The summed E-state index contributed by atoms with van der Waals surface area (Å²) in [5.74, 6) is 2.23. The minimum absolute atomic E-state index is 0.290. The summed E-state index contributed by atoms with van der Waals surface area (Å²) in [7, 11) is 4.09. The Morgan fingerprint density at radius 3 is 2.54 bits per heavy atom. The van der Waals surface area contributed by atoms with Crippen molar-refractivity contribution in [2.24, 2.45) is 5.41 Å². The standard InChI is InChI=1S/C20H25N5S/c1-20(2)9-12-13(10-20)17(25-7-5-6-8-25)23-19-14(12)15-16(26-19)18(24(3)4)22-11-21-15/h11H,5-10H2,1-4H3. The van der Waals surface area contributed by atoms with Gasteiger partial charge in [-0.15, -0.1) is 11.3 Å². The molecule has 1 aliphatic heterocycles. The zero-order valence-electron chi connectivity index (χ0n) is 16.0. The molecule has 1 fully saturated rings. The Kier molecular flexibility index (Phi) is 3.45. The molecule has 0 N–H and O–H groups in total. The van der Waals surface area contributed by atoms with Crippen molar-refractivity contribution < 1.29 is 0 Å². The predicted octanol–water partition coefficient (Wildman–Crippen LogP) is 4.03. The Balaban J connectivity index is 1.85. The maximum Gasteiger partial charge on any atom is 0.149 e. The van der Waals surface area contributed by atoms with E-state index in [2.05, 4.69) is 33.6 Å². The molecule has 0 spiro atoms. The van der Waals surface area contributed by atoms with Crippen LogP contribution in [0.1, 0.15) is 37.8 Å². The highest BCUT2D eigenvalue weighted by Crippen LogP contribution is 2.48. The molecule has 1 aliphatic carbocycles. The maximum atomic E-state index is 5.19. The molecule has 4 heterocycles. The summed E-state index contributed by atoms with van der Waals surface area (Å²) >= 11 is 1.75. The monoisotopic (exact) mass is 367 g/mol. The van der Waals surface area contributed by atoms with E-state index < -0.39 is 0 Å². The number of thiophene rings is 1. The molecule has 6 heteroatoms. The Morgan fingerprint density at radius 1 is 1.08 bits per heavy atom. The average Bonchev–Trinajstić information content (AvgIpc) is 3.28. The van der Waals surface area contributed by atoms with Crippen LogP contribution in [0.25, 0.3) is 20.4 Å². The van der Waals surface area contributed by atoms with Gasteiger partial charge in [0.15, 0.2) is 0 Å². The first kappa shape index (κ1) is 16.2. The molecule has 5 nitrogen and oxygen atoms in total. The normalized spacial score (nSPS) is 18.8. The Hall–Kier alpha value is -1.95. The van der Waals surface area contributed by atoms with Crippen LogP contribution in [0.3, 0.4) is 0 Å². The molecule has 136 valence electrons. The smallest absolute Gasteiger partial charge is 0.149 e. The average molecular weight is 368 g/mol. The van der Waals surface area contributed by atoms with Gasteiger partial charge >= 0.3 is 0 Å². The van der Waals surface area contributed by atoms with Gasteiger partial charge in [-0.05, 0) is 42.2 Å². The number of rotatable bonds is 2. The van der Waals surface area contributed by atoms with E-state index in [1.54, 1.807) is 17.7 Å². The first-order valence-corrected chi connectivity index (χ1v) is 10.3. The SMILES string of the molecule is CN(C)c1ncnc2c1sc1nc(N3CCCC3)c3c(c12)CC(C)(C)C3. The van der Waals surface area contributed by atoms with Gasteiger partial charge < -0.3 is 9.80 Å². The Morgan fingerprint density at radius 2 is 1.81 bits per heavy atom. The summed E-state index contributed by atoms with van der Waals surface area (Å²) in [6, 6.07) is 0. The highest BCUT2D eigenvalue weighted by atomic mass is 32.1. The summed E-state index contributed by atoms with van der Waals surface area (Å²) in [5, 5.41) is 1.28. The van der Waals surface area contributed by atoms with Crippen molar-refractivity contribution in [2.75, 3.05) is 37.0 Å². The van der Waals surface area contributed by atoms with Crippen molar-refractivity contribution in [2.45, 2.75) is 39.5 Å². The number of hydrogen-bond acceptors (Lipinski definition) is 6. The lowest BCUT2D eigenvalue weighted by molar-refractivity contribution is 0.393. The molecule has 3 aromatic rings. The number of anilines is 2. The highest BCUT2D eigenvalue weighted by molar-refractivity contribution is 7.26. The molecular formula is C20H25N5S. The van der Waals surface area contributed by atoms with Crippen LogP contribution < -0.4 is 9.80 Å². The molecule has 0 amide bonds. The van der Waals surface area contributed by atoms with Gasteiger partial charge in [-0.3, -0.25) is 0 Å². The van der Waals surface area contributed by atoms with Crippen LogP contribution in [0.2, 0.25) is 0 Å². The molecule has 5 rings (SSSR count). The van der Waals surface area contributed by atoms with Crippen LogP contribution in [0.15, 0.2) is 6.33 Å². The lowest BCUT2D eigenvalue weighted by Crippen LogP contribution is -2.21. The zero-order chi connectivity index (χ0) is 18.1. The van der Waals surface area contributed by atoms with E-state index in [4.69, 9.17) is 4.98 Å². The third-order valence-electron chi connectivity index (χ3n) is 5.72. The summed E-state index contributed by atoms with van der Waals surface area (Å²) in [5.41, 5.74) is 4.32. The summed E-state index contributed by atoms with van der Waals surface area (Å²) < 4.78 is 1.16. The van der Waals surface area contributed by atoms with Crippen molar-refractivity contribution in [3.05, 3.63) is 17.5 Å². The van der Waals surface area contributed by atoms with Crippen LogP contribution in [0.4, 0.5) is 11.6 Å². The van der Waals surface area contributed by atoms with E-state index in [0.717, 1.165) is 46.8 Å². The Bertz CT molecular complexity index is 1010. The number of nitrogens with zero attached hydrogens (tertiary/aromatic N) is 5. The fourth-order valence-electron chi connectivity index (χ4n) is 4.60. The van der Waals surface area contributed by atoms with Crippen LogP contribution >= 0.6 is 11.3 Å². The molecular weight excluding hydrogens is 342 g/mol. The largest absolute Gasteiger partial charge is 0.361 e. The second-order valence-corrected chi connectivity index (χ2v) is 9.66. The van der Waals surface area contributed by atoms with Crippen LogP contribution in [-0.4, -0.2) is 42.1 Å². The fourth-order valence-corrected chi connectivity index (χ4v) is 5.82. The number of aromatic nitrogens is 3. The first-order valence-electron chi connectivity index (χ1n) is 9.46. The van der Waals surface area contributed by atoms with E-state index in [0.29, 0.717) is 5.41 Å². The topological polar surface area (TPSA) is 45.2 Å². The Labute approximate surface area is 158 Å². The van der Waals surface area contributed by atoms with E-state index >= 15 is 0 Å². The minimum Gasteiger partial charge on any atom is -0.361 e. The molecule has 1 saturated heterocycles. The summed E-state index contributed by atoms with van der Waals surface area (Å²) in [6.07, 6.45) is 6.47. The summed E-state index contributed by atoms with van der Waals surface area (Å²) in [4.78, 5) is 20.1. The van der Waals surface area contributed by atoms with E-state index in [9.17, 15) is 0 Å². The van der Waals surface area contributed by atoms with Crippen molar-refractivity contribution in [1.29, 1.82) is 0 Å². The van der Waals surface area contributed by atoms with Gasteiger partial charge in [0.05, 0.1) is 10.2 Å². The number of hydrogen-bond donors (Lipinski definition) is 0. The van der Waals surface area contributed by atoms with E-state index in [1.807, 2.05) is 14.1 Å². The second-order valence-electron chi connectivity index (χ2n) is 8.66. The molecule has 0 atom stereocenters. The van der Waals surface area contributed by atoms with Crippen LogP contribution in [-0.2, 0) is 12.8 Å². The molecule has 2 aliphatic rings. The number of pyridine rings is 1. The number of fused-ring (bicyclic) bond motifs is 5. The molecule has 0 bridgehead atoms. The molecule has 0 unspecified atom stereocenters. The second kappa shape index (κ2) is 5.52. The van der Waals surface area contributed by atoms with E-state index in [1.165, 1.54) is 35.2 Å². The van der Waals surface area contributed by atoms with Gasteiger partial charge in [-0.2, -0.15) is 0 Å². The third-order valence-corrected chi connectivity index (χ3v) is 6.79. The lowest BCUT2D eigenvalue weighted by Gasteiger charge is -2.21. The van der Waals surface area contributed by atoms with Gasteiger partial charge in [0.2, 0.25) is 0 Å². The van der Waals surface area contributed by atoms with Crippen molar-refractivity contribution in [3.8, 4) is 0 Å². The van der Waals surface area contributed by atoms with Gasteiger partial charge in [-0.1, -0.05) is 13.8 Å². The molecule has 3 aromatic heterocycles. The molecule has 26 heavy (non-hydrogen) atoms.